The third-order valence-corrected chi connectivity index (χ3v) is 2.35. The predicted octanol–water partition coefficient (Wildman–Crippen LogP) is 1.58. The number of nitrogens with one attached hydrogen (secondary N) is 1. The van der Waals surface area contributed by atoms with Crippen LogP contribution in [0.4, 0.5) is 5.82 Å². The number of anilines is 1. The lowest BCUT2D eigenvalue weighted by Gasteiger charge is -2.18. The molecule has 1 aromatic heterocycles. The van der Waals surface area contributed by atoms with Crippen LogP contribution in [0.3, 0.4) is 0 Å². The van der Waals surface area contributed by atoms with Gasteiger partial charge < -0.3 is 10.1 Å². The monoisotopic (exact) mass is 253 g/mol. The van der Waals surface area contributed by atoms with Gasteiger partial charge in [0, 0.05) is 12.5 Å². The van der Waals surface area contributed by atoms with Crippen molar-refractivity contribution in [2.75, 3.05) is 11.9 Å². The number of carbonyl (C=O) groups excluding carboxylic acids is 2. The van der Waals surface area contributed by atoms with E-state index in [9.17, 15) is 9.59 Å². The zero-order valence-corrected chi connectivity index (χ0v) is 11.4. The lowest BCUT2D eigenvalue weighted by Crippen LogP contribution is -2.29. The first-order chi connectivity index (χ1) is 8.27. The van der Waals surface area contributed by atoms with Crippen molar-refractivity contribution in [1.29, 1.82) is 0 Å². The Labute approximate surface area is 106 Å². The Morgan fingerprint density at radius 1 is 1.44 bits per heavy atom. The summed E-state index contributed by atoms with van der Waals surface area (Å²) in [4.78, 5) is 23.6. The molecular formula is C12H19N3O3. The van der Waals surface area contributed by atoms with E-state index in [4.69, 9.17) is 4.74 Å². The fourth-order valence-electron chi connectivity index (χ4n) is 1.24. The van der Waals surface area contributed by atoms with Gasteiger partial charge in [0.15, 0.2) is 0 Å². The minimum atomic E-state index is -0.545. The molecule has 1 heterocycles. The van der Waals surface area contributed by atoms with Gasteiger partial charge in [-0.2, -0.15) is 5.10 Å². The van der Waals surface area contributed by atoms with E-state index in [1.807, 2.05) is 0 Å². The highest BCUT2D eigenvalue weighted by Crippen LogP contribution is 2.20. The number of rotatable bonds is 3. The molecule has 0 aliphatic carbocycles. The molecule has 0 saturated heterocycles. The highest BCUT2D eigenvalue weighted by Gasteiger charge is 2.25. The Hall–Kier alpha value is -1.85. The summed E-state index contributed by atoms with van der Waals surface area (Å²) in [5.41, 5.74) is -0.284. The van der Waals surface area contributed by atoms with Crippen LogP contribution in [0.15, 0.2) is 6.20 Å². The van der Waals surface area contributed by atoms with Crippen LogP contribution in [-0.4, -0.2) is 28.3 Å². The standard InChI is InChI=1S/C12H19N3O3/c1-6-18-10(16)8-7-13-15(5)9(8)14-11(17)12(2,3)4/h7H,6H2,1-5H3,(H,14,17). The topological polar surface area (TPSA) is 73.2 Å². The van der Waals surface area contributed by atoms with Crippen LogP contribution in [0, 0.1) is 5.41 Å². The van der Waals surface area contributed by atoms with E-state index in [2.05, 4.69) is 10.4 Å². The van der Waals surface area contributed by atoms with Crippen LogP contribution in [0.25, 0.3) is 0 Å². The molecule has 0 unspecified atom stereocenters. The molecule has 100 valence electrons. The molecule has 0 saturated carbocycles. The fourth-order valence-corrected chi connectivity index (χ4v) is 1.24. The van der Waals surface area contributed by atoms with Crippen LogP contribution < -0.4 is 5.32 Å². The first kappa shape index (κ1) is 14.2. The molecule has 0 atom stereocenters. The second-order valence-electron chi connectivity index (χ2n) is 4.96. The largest absolute Gasteiger partial charge is 0.462 e. The van der Waals surface area contributed by atoms with Crippen molar-refractivity contribution < 1.29 is 14.3 Å². The summed E-state index contributed by atoms with van der Waals surface area (Å²) in [5.74, 6) is -0.320. The number of hydrogen-bond acceptors (Lipinski definition) is 4. The number of aryl methyl sites for hydroxylation is 1. The molecule has 1 rings (SSSR count). The fraction of sp³-hybridized carbons (Fsp3) is 0.583. The van der Waals surface area contributed by atoms with E-state index in [0.717, 1.165) is 0 Å². The van der Waals surface area contributed by atoms with Crippen molar-refractivity contribution in [3.63, 3.8) is 0 Å². The summed E-state index contributed by atoms with van der Waals surface area (Å²) in [7, 11) is 1.65. The normalized spacial score (nSPS) is 11.2. The lowest BCUT2D eigenvalue weighted by atomic mass is 9.96. The van der Waals surface area contributed by atoms with Crippen molar-refractivity contribution in [1.82, 2.24) is 9.78 Å². The molecule has 6 heteroatoms. The number of esters is 1. The number of hydrogen-bond donors (Lipinski definition) is 1. The minimum absolute atomic E-state index is 0.184. The van der Waals surface area contributed by atoms with Crippen molar-refractivity contribution in [2.45, 2.75) is 27.7 Å². The van der Waals surface area contributed by atoms with Crippen LogP contribution >= 0.6 is 0 Å². The maximum absolute atomic E-state index is 11.9. The van der Waals surface area contributed by atoms with Crippen molar-refractivity contribution in [3.8, 4) is 0 Å². The van der Waals surface area contributed by atoms with Crippen molar-refractivity contribution >= 4 is 17.7 Å². The second-order valence-corrected chi connectivity index (χ2v) is 4.96. The molecule has 0 aromatic carbocycles. The van der Waals surface area contributed by atoms with Gasteiger partial charge in [0.25, 0.3) is 0 Å². The highest BCUT2D eigenvalue weighted by molar-refractivity contribution is 6.01. The molecule has 1 aromatic rings. The molecule has 18 heavy (non-hydrogen) atoms. The SMILES string of the molecule is CCOC(=O)c1cnn(C)c1NC(=O)C(C)(C)C. The molecule has 0 aliphatic rings. The van der Waals surface area contributed by atoms with Gasteiger partial charge in [-0.25, -0.2) is 4.79 Å². The summed E-state index contributed by atoms with van der Waals surface area (Å²) < 4.78 is 6.35. The average molecular weight is 253 g/mol. The summed E-state index contributed by atoms with van der Waals surface area (Å²) >= 11 is 0. The van der Waals surface area contributed by atoms with E-state index in [1.165, 1.54) is 10.9 Å². The molecular weight excluding hydrogens is 234 g/mol. The number of ether oxygens (including phenoxy) is 1. The average Bonchev–Trinajstić information content (AvgIpc) is 2.59. The zero-order valence-electron chi connectivity index (χ0n) is 11.4. The molecule has 6 nitrogen and oxygen atoms in total. The van der Waals surface area contributed by atoms with Gasteiger partial charge in [-0.1, -0.05) is 20.8 Å². The minimum Gasteiger partial charge on any atom is -0.462 e. The number of aromatic nitrogens is 2. The Kier molecular flexibility index (Phi) is 4.11. The van der Waals surface area contributed by atoms with E-state index >= 15 is 0 Å². The van der Waals surface area contributed by atoms with Crippen molar-refractivity contribution in [2.24, 2.45) is 12.5 Å². The molecule has 0 fully saturated rings. The number of carbonyl (C=O) groups is 2. The summed E-state index contributed by atoms with van der Waals surface area (Å²) in [6.07, 6.45) is 1.39. The predicted molar refractivity (Wildman–Crippen MR) is 67.2 cm³/mol. The Morgan fingerprint density at radius 2 is 2.06 bits per heavy atom. The van der Waals surface area contributed by atoms with Crippen LogP contribution in [-0.2, 0) is 16.6 Å². The van der Waals surface area contributed by atoms with E-state index in [1.54, 1.807) is 34.7 Å². The summed E-state index contributed by atoms with van der Waals surface area (Å²) in [5, 5.41) is 6.65. The van der Waals surface area contributed by atoms with Gasteiger partial charge in [0.1, 0.15) is 11.4 Å². The smallest absolute Gasteiger partial charge is 0.343 e. The quantitative estimate of drug-likeness (QED) is 0.830. The first-order valence-electron chi connectivity index (χ1n) is 5.78. The zero-order chi connectivity index (χ0) is 13.9. The lowest BCUT2D eigenvalue weighted by molar-refractivity contribution is -0.123. The molecule has 0 radical (unpaired) electrons. The maximum Gasteiger partial charge on any atom is 0.343 e. The molecule has 1 N–H and O–H groups in total. The molecule has 1 amide bonds. The Bertz CT molecular complexity index is 458. The van der Waals surface area contributed by atoms with Crippen LogP contribution in [0.1, 0.15) is 38.1 Å². The Balaban J connectivity index is 2.99. The maximum atomic E-state index is 11.9. The van der Waals surface area contributed by atoms with Gasteiger partial charge in [-0.05, 0) is 6.92 Å². The number of nitrogens with zero attached hydrogens (tertiary/aromatic N) is 2. The third-order valence-electron chi connectivity index (χ3n) is 2.35. The van der Waals surface area contributed by atoms with Crippen LogP contribution in [0.2, 0.25) is 0 Å². The summed E-state index contributed by atoms with van der Waals surface area (Å²) in [6.45, 7) is 7.39. The third kappa shape index (κ3) is 3.09. The van der Waals surface area contributed by atoms with Gasteiger partial charge in [-0.15, -0.1) is 0 Å². The van der Waals surface area contributed by atoms with Crippen molar-refractivity contribution in [3.05, 3.63) is 11.8 Å². The highest BCUT2D eigenvalue weighted by atomic mass is 16.5. The molecule has 0 spiro atoms. The molecule has 0 bridgehead atoms. The van der Waals surface area contributed by atoms with Gasteiger partial charge in [0.05, 0.1) is 12.8 Å². The van der Waals surface area contributed by atoms with Gasteiger partial charge in [0.2, 0.25) is 5.91 Å². The first-order valence-corrected chi connectivity index (χ1v) is 5.78. The summed E-state index contributed by atoms with van der Waals surface area (Å²) in [6, 6.07) is 0. The van der Waals surface area contributed by atoms with E-state index in [0.29, 0.717) is 5.82 Å². The van der Waals surface area contributed by atoms with Gasteiger partial charge >= 0.3 is 5.97 Å². The number of amides is 1. The van der Waals surface area contributed by atoms with Crippen LogP contribution in [0.5, 0.6) is 0 Å². The van der Waals surface area contributed by atoms with Gasteiger partial charge in [-0.3, -0.25) is 9.48 Å². The van der Waals surface area contributed by atoms with E-state index < -0.39 is 11.4 Å². The Morgan fingerprint density at radius 3 is 2.56 bits per heavy atom. The van der Waals surface area contributed by atoms with E-state index in [-0.39, 0.29) is 18.1 Å². The second kappa shape index (κ2) is 5.20. The molecule has 0 aliphatic heterocycles.